The number of benzene rings is 1. The molecule has 0 saturated heterocycles. The molecule has 1 aliphatic heterocycles. The van der Waals surface area contributed by atoms with E-state index in [2.05, 4.69) is 20.9 Å². The molecule has 0 saturated carbocycles. The zero-order valence-electron chi connectivity index (χ0n) is 19.1. The lowest BCUT2D eigenvalue weighted by molar-refractivity contribution is -0.139. The Kier molecular flexibility index (Phi) is 7.39. The third-order valence-electron chi connectivity index (χ3n) is 5.21. The predicted octanol–water partition coefficient (Wildman–Crippen LogP) is 4.03. The highest BCUT2D eigenvalue weighted by Gasteiger charge is 2.35. The van der Waals surface area contributed by atoms with Gasteiger partial charge in [-0.2, -0.15) is 0 Å². The van der Waals surface area contributed by atoms with Crippen molar-refractivity contribution in [2.45, 2.75) is 26.8 Å². The van der Waals surface area contributed by atoms with Gasteiger partial charge in [0.15, 0.2) is 16.3 Å². The Balaban J connectivity index is 2.00. The molecule has 7 nitrogen and oxygen atoms in total. The number of hydrogen-bond donors (Lipinski definition) is 0. The number of hydrogen-bond acceptors (Lipinski definition) is 8. The third kappa shape index (κ3) is 4.49. The minimum Gasteiger partial charge on any atom is -0.493 e. The van der Waals surface area contributed by atoms with E-state index in [1.165, 1.54) is 11.3 Å². The van der Waals surface area contributed by atoms with E-state index in [4.69, 9.17) is 14.2 Å². The molecule has 0 amide bonds. The highest BCUT2D eigenvalue weighted by molar-refractivity contribution is 9.10. The summed E-state index contributed by atoms with van der Waals surface area (Å²) in [5, 5.41) is 1.96. The fourth-order valence-electron chi connectivity index (χ4n) is 3.78. The standard InChI is InChI=1S/C24H23BrN2O5S2/c1-5-31-18-12-16(25)15(11-17(18)30-4)21-20(23(29)32-6-2)13(3)26-24-27(21)22(28)19(34-24)10-14-8-7-9-33-14/h7-12,21H,5-6H2,1-4H3/b19-10+/t21-/m0/s1. The van der Waals surface area contributed by atoms with Crippen molar-refractivity contribution in [3.63, 3.8) is 0 Å². The fourth-order valence-corrected chi connectivity index (χ4v) is 6.09. The molecule has 0 radical (unpaired) electrons. The molecule has 3 aromatic rings. The molecular weight excluding hydrogens is 540 g/mol. The van der Waals surface area contributed by atoms with E-state index < -0.39 is 12.0 Å². The molecule has 3 heterocycles. The van der Waals surface area contributed by atoms with Gasteiger partial charge >= 0.3 is 5.97 Å². The molecule has 0 aliphatic carbocycles. The lowest BCUT2D eigenvalue weighted by atomic mass is 9.95. The van der Waals surface area contributed by atoms with E-state index in [0.29, 0.717) is 48.7 Å². The van der Waals surface area contributed by atoms with Crippen LogP contribution in [0.5, 0.6) is 11.5 Å². The lowest BCUT2D eigenvalue weighted by Gasteiger charge is -2.26. The van der Waals surface area contributed by atoms with Crippen LogP contribution >= 0.6 is 38.6 Å². The molecule has 0 fully saturated rings. The van der Waals surface area contributed by atoms with Crippen molar-refractivity contribution in [1.29, 1.82) is 0 Å². The molecule has 10 heteroatoms. The maximum atomic E-state index is 13.6. The number of methoxy groups -OCH3 is 1. The topological polar surface area (TPSA) is 79.1 Å². The number of carbonyl (C=O) groups excluding carboxylic acids is 1. The average molecular weight is 563 g/mol. The molecule has 34 heavy (non-hydrogen) atoms. The molecule has 0 bridgehead atoms. The number of aromatic nitrogens is 1. The molecule has 178 valence electrons. The minimum atomic E-state index is -0.750. The van der Waals surface area contributed by atoms with Crippen LogP contribution in [0.4, 0.5) is 0 Å². The molecule has 0 unspecified atom stereocenters. The van der Waals surface area contributed by atoms with Crippen molar-refractivity contribution in [1.82, 2.24) is 4.57 Å². The minimum absolute atomic E-state index is 0.207. The number of thiophene rings is 1. The summed E-state index contributed by atoms with van der Waals surface area (Å²) in [6.45, 7) is 6.06. The van der Waals surface area contributed by atoms with Crippen LogP contribution in [0.25, 0.3) is 6.08 Å². The summed E-state index contributed by atoms with van der Waals surface area (Å²) in [4.78, 5) is 32.8. The first kappa shape index (κ1) is 24.4. The highest BCUT2D eigenvalue weighted by Crippen LogP contribution is 2.41. The quantitative estimate of drug-likeness (QED) is 0.406. The second-order valence-electron chi connectivity index (χ2n) is 7.28. The van der Waals surface area contributed by atoms with Crippen LogP contribution in [0.15, 0.2) is 55.2 Å². The average Bonchev–Trinajstić information content (AvgIpc) is 3.42. The first-order valence-corrected chi connectivity index (χ1v) is 13.1. The summed E-state index contributed by atoms with van der Waals surface area (Å²) in [6.07, 6.45) is 1.85. The second-order valence-corrected chi connectivity index (χ2v) is 10.1. The van der Waals surface area contributed by atoms with E-state index in [-0.39, 0.29) is 12.2 Å². The van der Waals surface area contributed by atoms with E-state index in [1.54, 1.807) is 49.0 Å². The summed E-state index contributed by atoms with van der Waals surface area (Å²) in [7, 11) is 1.55. The molecule has 4 rings (SSSR count). The second kappa shape index (κ2) is 10.3. The fraction of sp³-hybridized carbons (Fsp3) is 0.292. The Morgan fingerprint density at radius 3 is 2.71 bits per heavy atom. The molecular formula is C24H23BrN2O5S2. The number of nitrogens with zero attached hydrogens (tertiary/aromatic N) is 2. The van der Waals surface area contributed by atoms with E-state index in [9.17, 15) is 9.59 Å². The van der Waals surface area contributed by atoms with Gasteiger partial charge in [0.1, 0.15) is 0 Å². The summed E-state index contributed by atoms with van der Waals surface area (Å²) < 4.78 is 19.4. The van der Waals surface area contributed by atoms with Gasteiger partial charge in [-0.3, -0.25) is 9.36 Å². The van der Waals surface area contributed by atoms with E-state index >= 15 is 0 Å². The number of fused-ring (bicyclic) bond motifs is 1. The van der Waals surface area contributed by atoms with Crippen molar-refractivity contribution >= 4 is 50.6 Å². The summed E-state index contributed by atoms with van der Waals surface area (Å²) in [6, 6.07) is 6.71. The summed E-state index contributed by atoms with van der Waals surface area (Å²) in [5.41, 5.74) is 1.26. The van der Waals surface area contributed by atoms with Gasteiger partial charge in [0.2, 0.25) is 0 Å². The molecule has 0 spiro atoms. The Morgan fingerprint density at radius 1 is 1.26 bits per heavy atom. The summed E-state index contributed by atoms with van der Waals surface area (Å²) >= 11 is 6.46. The summed E-state index contributed by atoms with van der Waals surface area (Å²) in [5.74, 6) is 0.545. The van der Waals surface area contributed by atoms with Crippen molar-refractivity contribution < 1.29 is 19.0 Å². The van der Waals surface area contributed by atoms with Gasteiger partial charge in [0.05, 0.1) is 42.2 Å². The van der Waals surface area contributed by atoms with Crippen molar-refractivity contribution in [3.8, 4) is 11.5 Å². The monoisotopic (exact) mass is 562 g/mol. The van der Waals surface area contributed by atoms with Crippen LogP contribution in [0.3, 0.4) is 0 Å². The van der Waals surface area contributed by atoms with Crippen LogP contribution in [0.2, 0.25) is 0 Å². The van der Waals surface area contributed by atoms with Crippen molar-refractivity contribution in [2.24, 2.45) is 4.99 Å². The number of allylic oxidation sites excluding steroid dienone is 1. The van der Waals surface area contributed by atoms with Crippen LogP contribution in [-0.2, 0) is 9.53 Å². The zero-order valence-corrected chi connectivity index (χ0v) is 22.3. The van der Waals surface area contributed by atoms with Gasteiger partial charge < -0.3 is 14.2 Å². The Bertz CT molecular complexity index is 1440. The van der Waals surface area contributed by atoms with E-state index in [1.807, 2.05) is 30.5 Å². The van der Waals surface area contributed by atoms with E-state index in [0.717, 1.165) is 4.88 Å². The van der Waals surface area contributed by atoms with Crippen LogP contribution in [0.1, 0.15) is 37.3 Å². The third-order valence-corrected chi connectivity index (χ3v) is 7.70. The molecule has 1 atom stereocenters. The Hall–Kier alpha value is -2.69. The van der Waals surface area contributed by atoms with Gasteiger partial charge in [-0.1, -0.05) is 33.3 Å². The largest absolute Gasteiger partial charge is 0.493 e. The highest BCUT2D eigenvalue weighted by atomic mass is 79.9. The Morgan fingerprint density at radius 2 is 2.06 bits per heavy atom. The number of halogens is 1. The number of esters is 1. The van der Waals surface area contributed by atoms with Gasteiger partial charge in [-0.05, 0) is 56.0 Å². The zero-order chi connectivity index (χ0) is 24.4. The van der Waals surface area contributed by atoms with Gasteiger partial charge in [-0.15, -0.1) is 11.3 Å². The van der Waals surface area contributed by atoms with Crippen molar-refractivity contribution in [3.05, 3.63) is 75.5 Å². The van der Waals surface area contributed by atoms with Crippen LogP contribution < -0.4 is 24.4 Å². The maximum absolute atomic E-state index is 13.6. The Labute approximate surface area is 212 Å². The van der Waals surface area contributed by atoms with Crippen LogP contribution in [-0.4, -0.2) is 30.9 Å². The molecule has 1 aliphatic rings. The molecule has 1 aromatic carbocycles. The van der Waals surface area contributed by atoms with Gasteiger partial charge in [0, 0.05) is 9.35 Å². The first-order chi connectivity index (χ1) is 16.4. The van der Waals surface area contributed by atoms with Gasteiger partial charge in [-0.25, -0.2) is 9.79 Å². The van der Waals surface area contributed by atoms with Crippen LogP contribution in [0, 0.1) is 0 Å². The van der Waals surface area contributed by atoms with Crippen molar-refractivity contribution in [2.75, 3.05) is 20.3 Å². The molecule has 0 N–H and O–H groups in total. The number of thiazole rings is 1. The maximum Gasteiger partial charge on any atom is 0.338 e. The number of carbonyl (C=O) groups is 1. The first-order valence-electron chi connectivity index (χ1n) is 10.6. The smallest absolute Gasteiger partial charge is 0.338 e. The predicted molar refractivity (Wildman–Crippen MR) is 137 cm³/mol. The molecule has 2 aromatic heterocycles. The number of ether oxygens (including phenoxy) is 3. The normalized spacial score (nSPS) is 15.7. The SMILES string of the molecule is CCOC(=O)C1=C(C)N=c2s/c(=C/c3cccs3)c(=O)n2[C@H]1c1cc(OC)c(OCC)cc1Br. The number of rotatable bonds is 7. The lowest BCUT2D eigenvalue weighted by Crippen LogP contribution is -2.40. The van der Waals surface area contributed by atoms with Gasteiger partial charge in [0.25, 0.3) is 5.56 Å².